The Morgan fingerprint density at radius 1 is 1.58 bits per heavy atom. The Kier molecular flexibility index (Phi) is 4.59. The lowest BCUT2D eigenvalue weighted by molar-refractivity contribution is -0.118. The Morgan fingerprint density at radius 3 is 2.58 bits per heavy atom. The molecule has 0 unspecified atom stereocenters. The maximum Gasteiger partial charge on any atom is 0.245 e. The Hall–Kier alpha value is -0.830. The van der Waals surface area contributed by atoms with Gasteiger partial charge in [0, 0.05) is 0 Å². The van der Waals surface area contributed by atoms with E-state index in [1.165, 1.54) is 6.08 Å². The molecule has 3 heteroatoms. The van der Waals surface area contributed by atoms with Crippen LogP contribution >= 0.6 is 0 Å². The van der Waals surface area contributed by atoms with Gasteiger partial charge in [-0.3, -0.25) is 4.79 Å². The number of amides is 1. The zero-order chi connectivity index (χ0) is 9.61. The smallest absolute Gasteiger partial charge is 0.245 e. The van der Waals surface area contributed by atoms with Crippen LogP contribution < -0.4 is 5.32 Å². The molecule has 70 valence electrons. The maximum absolute atomic E-state index is 10.6. The number of hydrogen-bond donors (Lipinski definition) is 1. The topological polar surface area (TPSA) is 38.3 Å². The van der Waals surface area contributed by atoms with Crippen LogP contribution in [0.2, 0.25) is 0 Å². The fourth-order valence-corrected chi connectivity index (χ4v) is 0.552. The van der Waals surface area contributed by atoms with Gasteiger partial charge in [-0.15, -0.1) is 0 Å². The van der Waals surface area contributed by atoms with E-state index in [0.29, 0.717) is 6.61 Å². The molecule has 12 heavy (non-hydrogen) atoms. The first-order valence-electron chi connectivity index (χ1n) is 3.94. The van der Waals surface area contributed by atoms with Crippen molar-refractivity contribution in [2.45, 2.75) is 20.8 Å². The first-order valence-corrected chi connectivity index (χ1v) is 3.94. The van der Waals surface area contributed by atoms with Crippen LogP contribution in [0.3, 0.4) is 0 Å². The zero-order valence-corrected chi connectivity index (χ0v) is 8.02. The van der Waals surface area contributed by atoms with Gasteiger partial charge < -0.3 is 10.1 Å². The normalized spacial score (nSPS) is 10.9. The first-order chi connectivity index (χ1) is 5.45. The van der Waals surface area contributed by atoms with Crippen LogP contribution in [-0.2, 0) is 9.53 Å². The Labute approximate surface area is 73.8 Å². The van der Waals surface area contributed by atoms with Gasteiger partial charge in [-0.2, -0.15) is 0 Å². The zero-order valence-electron chi connectivity index (χ0n) is 8.02. The van der Waals surface area contributed by atoms with E-state index in [0.717, 1.165) is 0 Å². The first kappa shape index (κ1) is 11.2. The summed E-state index contributed by atoms with van der Waals surface area (Å²) in [6, 6.07) is 0. The highest BCUT2D eigenvalue weighted by Crippen LogP contribution is 2.11. The fraction of sp³-hybridized carbons (Fsp3) is 0.667. The van der Waals surface area contributed by atoms with Crippen LogP contribution in [0.25, 0.3) is 0 Å². The molecule has 0 saturated heterocycles. The predicted octanol–water partition coefficient (Wildman–Crippen LogP) is 1.31. The fourth-order valence-electron chi connectivity index (χ4n) is 0.552. The van der Waals surface area contributed by atoms with Crippen molar-refractivity contribution < 1.29 is 9.53 Å². The minimum absolute atomic E-state index is 0.138. The van der Waals surface area contributed by atoms with Crippen LogP contribution in [0.4, 0.5) is 0 Å². The van der Waals surface area contributed by atoms with E-state index < -0.39 is 0 Å². The molecule has 0 radical (unpaired) electrons. The molecule has 0 bridgehead atoms. The average Bonchev–Trinajstić information content (AvgIpc) is 1.96. The third kappa shape index (κ3) is 7.28. The van der Waals surface area contributed by atoms with Crippen molar-refractivity contribution >= 4 is 5.91 Å². The van der Waals surface area contributed by atoms with Crippen molar-refractivity contribution in [1.82, 2.24) is 5.32 Å². The van der Waals surface area contributed by atoms with E-state index in [1.807, 2.05) is 0 Å². The monoisotopic (exact) mass is 171 g/mol. The van der Waals surface area contributed by atoms with Crippen LogP contribution in [0, 0.1) is 5.41 Å². The summed E-state index contributed by atoms with van der Waals surface area (Å²) in [7, 11) is 0. The van der Waals surface area contributed by atoms with Gasteiger partial charge in [-0.25, -0.2) is 0 Å². The summed E-state index contributed by atoms with van der Waals surface area (Å²) in [5, 5.41) is 2.53. The summed E-state index contributed by atoms with van der Waals surface area (Å²) >= 11 is 0. The highest BCUT2D eigenvalue weighted by Gasteiger charge is 2.09. The number of rotatable bonds is 4. The van der Waals surface area contributed by atoms with Gasteiger partial charge in [0.25, 0.3) is 0 Å². The molecule has 0 rings (SSSR count). The van der Waals surface area contributed by atoms with Crippen LogP contribution in [0.1, 0.15) is 20.8 Å². The third-order valence-electron chi connectivity index (χ3n) is 1.07. The van der Waals surface area contributed by atoms with Gasteiger partial charge >= 0.3 is 0 Å². The lowest BCUT2D eigenvalue weighted by Gasteiger charge is -2.17. The molecule has 0 atom stereocenters. The van der Waals surface area contributed by atoms with Crippen molar-refractivity contribution in [1.29, 1.82) is 0 Å². The summed E-state index contributed by atoms with van der Waals surface area (Å²) in [5.74, 6) is -0.205. The second-order valence-electron chi connectivity index (χ2n) is 3.80. The minimum Gasteiger partial charge on any atom is -0.361 e. The van der Waals surface area contributed by atoms with E-state index in [9.17, 15) is 4.79 Å². The molecule has 0 aliphatic rings. The molecule has 0 aliphatic heterocycles. The maximum atomic E-state index is 10.6. The lowest BCUT2D eigenvalue weighted by atomic mass is 9.99. The second-order valence-corrected chi connectivity index (χ2v) is 3.80. The summed E-state index contributed by atoms with van der Waals surface area (Å²) in [6.07, 6.45) is 1.22. The van der Waals surface area contributed by atoms with Crippen molar-refractivity contribution in [2.24, 2.45) is 5.41 Å². The second kappa shape index (κ2) is 4.93. The molecular weight excluding hydrogens is 154 g/mol. The quantitative estimate of drug-likeness (QED) is 0.393. The summed E-state index contributed by atoms with van der Waals surface area (Å²) in [4.78, 5) is 10.6. The highest BCUT2D eigenvalue weighted by molar-refractivity contribution is 5.86. The van der Waals surface area contributed by atoms with Crippen molar-refractivity contribution in [3.8, 4) is 0 Å². The number of carbonyl (C=O) groups is 1. The SMILES string of the molecule is C=CC(=O)NCOCC(C)(C)C. The van der Waals surface area contributed by atoms with E-state index in [2.05, 4.69) is 32.7 Å². The minimum atomic E-state index is -0.205. The summed E-state index contributed by atoms with van der Waals surface area (Å²) < 4.78 is 5.19. The van der Waals surface area contributed by atoms with Gasteiger partial charge in [-0.05, 0) is 11.5 Å². The molecule has 3 nitrogen and oxygen atoms in total. The molecule has 0 heterocycles. The van der Waals surface area contributed by atoms with Crippen LogP contribution in [-0.4, -0.2) is 19.2 Å². The lowest BCUT2D eigenvalue weighted by Crippen LogP contribution is -2.26. The molecule has 0 aliphatic carbocycles. The molecule has 0 spiro atoms. The van der Waals surface area contributed by atoms with Gasteiger partial charge in [0.1, 0.15) is 6.73 Å². The Morgan fingerprint density at radius 2 is 2.17 bits per heavy atom. The average molecular weight is 171 g/mol. The number of carbonyl (C=O) groups excluding carboxylic acids is 1. The third-order valence-corrected chi connectivity index (χ3v) is 1.07. The van der Waals surface area contributed by atoms with Crippen molar-refractivity contribution in [2.75, 3.05) is 13.3 Å². The van der Waals surface area contributed by atoms with Gasteiger partial charge in [0.15, 0.2) is 0 Å². The molecule has 0 aromatic rings. The number of nitrogens with one attached hydrogen (secondary N) is 1. The van der Waals surface area contributed by atoms with Crippen LogP contribution in [0.5, 0.6) is 0 Å². The van der Waals surface area contributed by atoms with Crippen molar-refractivity contribution in [3.63, 3.8) is 0 Å². The molecule has 1 amide bonds. The molecule has 0 aromatic carbocycles. The van der Waals surface area contributed by atoms with E-state index in [-0.39, 0.29) is 18.1 Å². The molecular formula is C9H17NO2. The molecule has 1 N–H and O–H groups in total. The van der Waals surface area contributed by atoms with Gasteiger partial charge in [0.2, 0.25) is 5.91 Å². The predicted molar refractivity (Wildman–Crippen MR) is 48.6 cm³/mol. The van der Waals surface area contributed by atoms with Gasteiger partial charge in [0.05, 0.1) is 6.61 Å². The number of ether oxygens (including phenoxy) is 1. The summed E-state index contributed by atoms with van der Waals surface area (Å²) in [5.41, 5.74) is 0.138. The van der Waals surface area contributed by atoms with Gasteiger partial charge in [-0.1, -0.05) is 27.4 Å². The van der Waals surface area contributed by atoms with E-state index in [1.54, 1.807) is 0 Å². The van der Waals surface area contributed by atoms with Crippen molar-refractivity contribution in [3.05, 3.63) is 12.7 Å². The Balaban J connectivity index is 3.34. The van der Waals surface area contributed by atoms with E-state index >= 15 is 0 Å². The molecule has 0 aromatic heterocycles. The Bertz CT molecular complexity index is 158. The van der Waals surface area contributed by atoms with Crippen LogP contribution in [0.15, 0.2) is 12.7 Å². The summed E-state index contributed by atoms with van der Waals surface area (Å²) in [6.45, 7) is 10.4. The number of hydrogen-bond acceptors (Lipinski definition) is 2. The molecule has 0 fully saturated rings. The molecule has 0 saturated carbocycles. The highest BCUT2D eigenvalue weighted by atomic mass is 16.5. The largest absolute Gasteiger partial charge is 0.361 e. The van der Waals surface area contributed by atoms with E-state index in [4.69, 9.17) is 4.74 Å². The standard InChI is InChI=1S/C9H17NO2/c1-5-8(11)10-7-12-6-9(2,3)4/h5H,1,6-7H2,2-4H3,(H,10,11).